The number of hydrogen-bond acceptors (Lipinski definition) is 4. The number of nitriles is 1. The minimum absolute atomic E-state index is 0.0127. The molecule has 0 N–H and O–H groups in total. The van der Waals surface area contributed by atoms with E-state index in [1.807, 2.05) is 65.9 Å². The molecule has 4 rings (SSSR count). The van der Waals surface area contributed by atoms with Crippen molar-refractivity contribution in [3.63, 3.8) is 0 Å². The standard InChI is InChI=1S/C23H23N3O3/c1-3-29-18-8-9-19-20(15-24)22(25(2)21(19)14-18)16-4-6-17(7-5-16)23(27)26-10-12-28-13-11-26/h4-9,14H,3,10-13H2,1-2H3. The number of morpholine rings is 1. The summed E-state index contributed by atoms with van der Waals surface area (Å²) < 4.78 is 12.9. The maximum Gasteiger partial charge on any atom is 0.254 e. The second-order valence-electron chi connectivity index (χ2n) is 6.99. The first-order valence-corrected chi connectivity index (χ1v) is 9.76. The zero-order chi connectivity index (χ0) is 20.4. The molecule has 0 saturated carbocycles. The molecule has 3 aromatic rings. The van der Waals surface area contributed by atoms with Crippen molar-refractivity contribution < 1.29 is 14.3 Å². The van der Waals surface area contributed by atoms with Gasteiger partial charge in [-0.15, -0.1) is 0 Å². The Labute approximate surface area is 169 Å². The van der Waals surface area contributed by atoms with E-state index in [-0.39, 0.29) is 5.91 Å². The molecular weight excluding hydrogens is 366 g/mol. The number of rotatable bonds is 4. The second-order valence-corrected chi connectivity index (χ2v) is 6.99. The molecule has 148 valence electrons. The predicted octanol–water partition coefficient (Wildman–Crippen LogP) is 3.59. The molecule has 0 aliphatic carbocycles. The van der Waals surface area contributed by atoms with Crippen LogP contribution in [0.1, 0.15) is 22.8 Å². The average Bonchev–Trinajstić information content (AvgIpc) is 3.05. The monoisotopic (exact) mass is 389 g/mol. The predicted molar refractivity (Wildman–Crippen MR) is 111 cm³/mol. The lowest BCUT2D eigenvalue weighted by Crippen LogP contribution is -2.40. The van der Waals surface area contributed by atoms with Crippen LogP contribution in [0.25, 0.3) is 22.2 Å². The Morgan fingerprint density at radius 2 is 1.90 bits per heavy atom. The van der Waals surface area contributed by atoms with E-state index >= 15 is 0 Å². The van der Waals surface area contributed by atoms with Crippen molar-refractivity contribution in [1.29, 1.82) is 5.26 Å². The van der Waals surface area contributed by atoms with E-state index in [0.29, 0.717) is 44.0 Å². The van der Waals surface area contributed by atoms with E-state index in [1.54, 1.807) is 0 Å². The molecule has 1 aliphatic heterocycles. The van der Waals surface area contributed by atoms with Crippen LogP contribution in [0.2, 0.25) is 0 Å². The zero-order valence-corrected chi connectivity index (χ0v) is 16.6. The highest BCUT2D eigenvalue weighted by Gasteiger charge is 2.20. The Morgan fingerprint density at radius 3 is 2.55 bits per heavy atom. The van der Waals surface area contributed by atoms with Gasteiger partial charge in [0.25, 0.3) is 5.91 Å². The molecule has 1 aromatic heterocycles. The first kappa shape index (κ1) is 19.0. The van der Waals surface area contributed by atoms with Gasteiger partial charge in [-0.3, -0.25) is 4.79 Å². The van der Waals surface area contributed by atoms with Gasteiger partial charge in [0.15, 0.2) is 0 Å². The third-order valence-corrected chi connectivity index (χ3v) is 5.30. The van der Waals surface area contributed by atoms with Gasteiger partial charge in [-0.1, -0.05) is 12.1 Å². The van der Waals surface area contributed by atoms with Gasteiger partial charge in [-0.05, 0) is 36.8 Å². The van der Waals surface area contributed by atoms with Crippen molar-refractivity contribution in [2.24, 2.45) is 7.05 Å². The summed E-state index contributed by atoms with van der Waals surface area (Å²) in [5.74, 6) is 0.793. The molecule has 1 aliphatic rings. The summed E-state index contributed by atoms with van der Waals surface area (Å²) >= 11 is 0. The molecule has 0 spiro atoms. The van der Waals surface area contributed by atoms with Crippen LogP contribution in [0.4, 0.5) is 0 Å². The van der Waals surface area contributed by atoms with Gasteiger partial charge in [0.2, 0.25) is 0 Å². The van der Waals surface area contributed by atoms with Crippen LogP contribution in [0.5, 0.6) is 5.75 Å². The van der Waals surface area contributed by atoms with E-state index in [2.05, 4.69) is 6.07 Å². The Bertz CT molecular complexity index is 1090. The molecule has 6 nitrogen and oxygen atoms in total. The highest BCUT2D eigenvalue weighted by Crippen LogP contribution is 2.34. The lowest BCUT2D eigenvalue weighted by molar-refractivity contribution is 0.0303. The zero-order valence-electron chi connectivity index (χ0n) is 16.6. The quantitative estimate of drug-likeness (QED) is 0.684. The van der Waals surface area contributed by atoms with Crippen LogP contribution in [0.15, 0.2) is 42.5 Å². The van der Waals surface area contributed by atoms with Gasteiger partial charge in [0.05, 0.1) is 36.6 Å². The van der Waals surface area contributed by atoms with Crippen molar-refractivity contribution in [3.8, 4) is 23.1 Å². The largest absolute Gasteiger partial charge is 0.494 e. The Balaban J connectivity index is 1.71. The highest BCUT2D eigenvalue weighted by molar-refractivity contribution is 5.97. The van der Waals surface area contributed by atoms with Crippen molar-refractivity contribution in [1.82, 2.24) is 9.47 Å². The summed E-state index contributed by atoms with van der Waals surface area (Å²) in [6.07, 6.45) is 0. The fraction of sp³-hybridized carbons (Fsp3) is 0.304. The second kappa shape index (κ2) is 7.98. The van der Waals surface area contributed by atoms with Crippen LogP contribution in [0.3, 0.4) is 0 Å². The number of carbonyl (C=O) groups is 1. The van der Waals surface area contributed by atoms with Crippen molar-refractivity contribution >= 4 is 16.8 Å². The van der Waals surface area contributed by atoms with Crippen LogP contribution in [0, 0.1) is 11.3 Å². The summed E-state index contributed by atoms with van der Waals surface area (Å²) in [6.45, 7) is 4.92. The molecule has 1 fully saturated rings. The minimum Gasteiger partial charge on any atom is -0.494 e. The van der Waals surface area contributed by atoms with Crippen LogP contribution in [-0.4, -0.2) is 48.3 Å². The summed E-state index contributed by atoms with van der Waals surface area (Å²) in [5, 5.41) is 10.7. The van der Waals surface area contributed by atoms with Gasteiger partial charge >= 0.3 is 0 Å². The van der Waals surface area contributed by atoms with Gasteiger partial charge in [-0.25, -0.2) is 0 Å². The molecule has 0 radical (unpaired) electrons. The summed E-state index contributed by atoms with van der Waals surface area (Å²) in [7, 11) is 1.95. The Morgan fingerprint density at radius 1 is 1.17 bits per heavy atom. The molecule has 1 amide bonds. The molecule has 2 heterocycles. The summed E-state index contributed by atoms with van der Waals surface area (Å²) in [5.41, 5.74) is 3.94. The maximum absolute atomic E-state index is 12.7. The molecule has 0 unspecified atom stereocenters. The smallest absolute Gasteiger partial charge is 0.254 e. The molecule has 29 heavy (non-hydrogen) atoms. The number of ether oxygens (including phenoxy) is 2. The van der Waals surface area contributed by atoms with E-state index < -0.39 is 0 Å². The van der Waals surface area contributed by atoms with E-state index in [9.17, 15) is 10.1 Å². The number of nitrogens with zero attached hydrogens (tertiary/aromatic N) is 3. The first-order valence-electron chi connectivity index (χ1n) is 9.76. The Hall–Kier alpha value is -3.30. The number of aryl methyl sites for hydroxylation is 1. The van der Waals surface area contributed by atoms with Crippen LogP contribution in [-0.2, 0) is 11.8 Å². The number of carbonyl (C=O) groups excluding carboxylic acids is 1. The van der Waals surface area contributed by atoms with Crippen molar-refractivity contribution in [2.45, 2.75) is 6.92 Å². The maximum atomic E-state index is 12.7. The van der Waals surface area contributed by atoms with E-state index in [4.69, 9.17) is 9.47 Å². The molecule has 1 saturated heterocycles. The molecule has 6 heteroatoms. The molecular formula is C23H23N3O3. The highest BCUT2D eigenvalue weighted by atomic mass is 16.5. The number of benzene rings is 2. The first-order chi connectivity index (χ1) is 14.1. The van der Waals surface area contributed by atoms with Crippen LogP contribution >= 0.6 is 0 Å². The molecule has 0 atom stereocenters. The normalized spacial score (nSPS) is 14.0. The fourth-order valence-corrected chi connectivity index (χ4v) is 3.84. The molecule has 0 bridgehead atoms. The van der Waals surface area contributed by atoms with Gasteiger partial charge < -0.3 is 18.9 Å². The molecule has 2 aromatic carbocycles. The number of aromatic nitrogens is 1. The lowest BCUT2D eigenvalue weighted by Gasteiger charge is -2.26. The summed E-state index contributed by atoms with van der Waals surface area (Å²) in [6, 6.07) is 15.6. The van der Waals surface area contributed by atoms with E-state index in [0.717, 1.165) is 27.9 Å². The average molecular weight is 389 g/mol. The lowest BCUT2D eigenvalue weighted by atomic mass is 10.0. The summed E-state index contributed by atoms with van der Waals surface area (Å²) in [4.78, 5) is 14.5. The topological polar surface area (TPSA) is 67.5 Å². The van der Waals surface area contributed by atoms with Gasteiger partial charge in [0, 0.05) is 37.2 Å². The van der Waals surface area contributed by atoms with Crippen molar-refractivity contribution in [2.75, 3.05) is 32.9 Å². The van der Waals surface area contributed by atoms with Gasteiger partial charge in [0.1, 0.15) is 11.8 Å². The van der Waals surface area contributed by atoms with Gasteiger partial charge in [-0.2, -0.15) is 5.26 Å². The third kappa shape index (κ3) is 3.45. The third-order valence-electron chi connectivity index (χ3n) is 5.30. The number of hydrogen-bond donors (Lipinski definition) is 0. The fourth-order valence-electron chi connectivity index (χ4n) is 3.84. The Kier molecular flexibility index (Phi) is 5.24. The van der Waals surface area contributed by atoms with Crippen LogP contribution < -0.4 is 4.74 Å². The van der Waals surface area contributed by atoms with E-state index in [1.165, 1.54) is 0 Å². The minimum atomic E-state index is 0.0127. The number of amides is 1. The van der Waals surface area contributed by atoms with Crippen molar-refractivity contribution in [3.05, 3.63) is 53.6 Å². The SMILES string of the molecule is CCOc1ccc2c(C#N)c(-c3ccc(C(=O)N4CCOCC4)cc3)n(C)c2c1. The number of fused-ring (bicyclic) bond motifs is 1.